The fraction of sp³-hybridized carbons (Fsp3) is 0.308. The van der Waals surface area contributed by atoms with Gasteiger partial charge in [0.25, 0.3) is 0 Å². The molecular formula is C13H17N3. The van der Waals surface area contributed by atoms with Crippen LogP contribution in [0.4, 0.5) is 0 Å². The van der Waals surface area contributed by atoms with Crippen LogP contribution in [-0.4, -0.2) is 16.3 Å². The second-order valence-electron chi connectivity index (χ2n) is 3.82. The van der Waals surface area contributed by atoms with E-state index in [4.69, 9.17) is 0 Å². The molecule has 1 unspecified atom stereocenters. The lowest BCUT2D eigenvalue weighted by molar-refractivity contribution is 0.598. The highest BCUT2D eigenvalue weighted by molar-refractivity contribution is 5.34. The van der Waals surface area contributed by atoms with Crippen LogP contribution in [0.25, 0.3) is 5.69 Å². The Hall–Kier alpha value is -1.61. The third kappa shape index (κ3) is 2.31. The summed E-state index contributed by atoms with van der Waals surface area (Å²) < 4.78 is 1.86. The molecule has 0 aliphatic rings. The van der Waals surface area contributed by atoms with Crippen molar-refractivity contribution in [3.63, 3.8) is 0 Å². The first-order chi connectivity index (χ1) is 7.81. The van der Waals surface area contributed by atoms with Gasteiger partial charge in [-0.1, -0.05) is 19.1 Å². The van der Waals surface area contributed by atoms with Crippen LogP contribution in [0.15, 0.2) is 42.7 Å². The molecule has 3 nitrogen and oxygen atoms in total. The third-order valence-electron chi connectivity index (χ3n) is 2.67. The van der Waals surface area contributed by atoms with Crippen LogP contribution in [0.1, 0.15) is 25.5 Å². The van der Waals surface area contributed by atoms with E-state index in [1.807, 2.05) is 16.9 Å². The summed E-state index contributed by atoms with van der Waals surface area (Å²) in [5.74, 6) is 0. The Morgan fingerprint density at radius 2 is 2.06 bits per heavy atom. The first kappa shape index (κ1) is 10.9. The second kappa shape index (κ2) is 4.94. The molecule has 1 aromatic carbocycles. The predicted octanol–water partition coefficient (Wildman–Crippen LogP) is 2.54. The first-order valence-electron chi connectivity index (χ1n) is 5.64. The monoisotopic (exact) mass is 215 g/mol. The van der Waals surface area contributed by atoms with Crippen molar-refractivity contribution in [2.24, 2.45) is 0 Å². The van der Waals surface area contributed by atoms with Crippen molar-refractivity contribution in [1.82, 2.24) is 15.1 Å². The second-order valence-corrected chi connectivity index (χ2v) is 3.82. The number of nitrogens with zero attached hydrogens (tertiary/aromatic N) is 2. The molecule has 0 aliphatic carbocycles. The highest BCUT2D eigenvalue weighted by Crippen LogP contribution is 2.14. The number of rotatable bonds is 4. The van der Waals surface area contributed by atoms with Crippen LogP contribution in [0, 0.1) is 0 Å². The van der Waals surface area contributed by atoms with E-state index in [1.165, 1.54) is 5.56 Å². The lowest BCUT2D eigenvalue weighted by Gasteiger charge is -2.13. The Morgan fingerprint density at radius 3 is 2.62 bits per heavy atom. The van der Waals surface area contributed by atoms with Crippen molar-refractivity contribution in [3.8, 4) is 5.69 Å². The Balaban J connectivity index is 2.16. The summed E-state index contributed by atoms with van der Waals surface area (Å²) in [7, 11) is 0. The average molecular weight is 215 g/mol. The minimum atomic E-state index is 0.400. The van der Waals surface area contributed by atoms with Gasteiger partial charge in [0.05, 0.1) is 5.69 Å². The molecule has 0 amide bonds. The summed E-state index contributed by atoms with van der Waals surface area (Å²) in [5.41, 5.74) is 2.40. The Morgan fingerprint density at radius 1 is 1.31 bits per heavy atom. The van der Waals surface area contributed by atoms with Gasteiger partial charge in [-0.2, -0.15) is 5.10 Å². The molecule has 0 radical (unpaired) electrons. The standard InChI is InChI=1S/C13H17N3/c1-3-14-11(2)12-5-7-13(8-6-12)16-10-4-9-15-16/h4-11,14H,3H2,1-2H3. The van der Waals surface area contributed by atoms with E-state index in [1.54, 1.807) is 6.20 Å². The minimum absolute atomic E-state index is 0.400. The molecule has 1 N–H and O–H groups in total. The number of aromatic nitrogens is 2. The maximum absolute atomic E-state index is 4.20. The van der Waals surface area contributed by atoms with E-state index in [0.29, 0.717) is 6.04 Å². The first-order valence-corrected chi connectivity index (χ1v) is 5.64. The number of benzene rings is 1. The molecule has 1 aromatic heterocycles. The Labute approximate surface area is 96.1 Å². The van der Waals surface area contributed by atoms with Gasteiger partial charge in [-0.3, -0.25) is 0 Å². The Bertz CT molecular complexity index is 417. The summed E-state index contributed by atoms with van der Waals surface area (Å²) in [4.78, 5) is 0. The lowest BCUT2D eigenvalue weighted by atomic mass is 10.1. The molecule has 1 heterocycles. The van der Waals surface area contributed by atoms with Gasteiger partial charge in [0.15, 0.2) is 0 Å². The SMILES string of the molecule is CCNC(C)c1ccc(-n2cccn2)cc1. The Kier molecular flexibility index (Phi) is 3.37. The zero-order valence-corrected chi connectivity index (χ0v) is 9.72. The molecule has 0 bridgehead atoms. The van der Waals surface area contributed by atoms with E-state index in [-0.39, 0.29) is 0 Å². The molecule has 3 heteroatoms. The van der Waals surface area contributed by atoms with Crippen LogP contribution >= 0.6 is 0 Å². The average Bonchev–Trinajstić information content (AvgIpc) is 2.83. The molecular weight excluding hydrogens is 198 g/mol. The van der Waals surface area contributed by atoms with Crippen LogP contribution in [0.2, 0.25) is 0 Å². The summed E-state index contributed by atoms with van der Waals surface area (Å²) in [6.45, 7) is 5.28. The molecule has 2 aromatic rings. The zero-order valence-electron chi connectivity index (χ0n) is 9.72. The fourth-order valence-electron chi connectivity index (χ4n) is 1.76. The maximum atomic E-state index is 4.20. The summed E-state index contributed by atoms with van der Waals surface area (Å²) in [5, 5.41) is 7.59. The maximum Gasteiger partial charge on any atom is 0.0645 e. The normalized spacial score (nSPS) is 12.6. The van der Waals surface area contributed by atoms with E-state index in [2.05, 4.69) is 48.5 Å². The van der Waals surface area contributed by atoms with Gasteiger partial charge in [0, 0.05) is 18.4 Å². The largest absolute Gasteiger partial charge is 0.310 e. The lowest BCUT2D eigenvalue weighted by Crippen LogP contribution is -2.17. The highest BCUT2D eigenvalue weighted by Gasteiger charge is 2.03. The van der Waals surface area contributed by atoms with Gasteiger partial charge >= 0.3 is 0 Å². The van der Waals surface area contributed by atoms with Crippen LogP contribution in [0.3, 0.4) is 0 Å². The fourth-order valence-corrected chi connectivity index (χ4v) is 1.76. The van der Waals surface area contributed by atoms with Crippen molar-refractivity contribution in [2.45, 2.75) is 19.9 Å². The third-order valence-corrected chi connectivity index (χ3v) is 2.67. The van der Waals surface area contributed by atoms with Crippen molar-refractivity contribution in [1.29, 1.82) is 0 Å². The van der Waals surface area contributed by atoms with Crippen molar-refractivity contribution in [2.75, 3.05) is 6.54 Å². The molecule has 0 spiro atoms. The van der Waals surface area contributed by atoms with Gasteiger partial charge in [-0.05, 0) is 37.2 Å². The van der Waals surface area contributed by atoms with Gasteiger partial charge in [0.2, 0.25) is 0 Å². The smallest absolute Gasteiger partial charge is 0.0645 e. The molecule has 1 atom stereocenters. The zero-order chi connectivity index (χ0) is 11.4. The van der Waals surface area contributed by atoms with E-state index >= 15 is 0 Å². The molecule has 0 fully saturated rings. The van der Waals surface area contributed by atoms with Crippen LogP contribution < -0.4 is 5.32 Å². The number of hydrogen-bond acceptors (Lipinski definition) is 2. The van der Waals surface area contributed by atoms with Gasteiger partial charge < -0.3 is 5.32 Å². The van der Waals surface area contributed by atoms with Crippen molar-refractivity contribution in [3.05, 3.63) is 48.3 Å². The van der Waals surface area contributed by atoms with Crippen molar-refractivity contribution >= 4 is 0 Å². The van der Waals surface area contributed by atoms with Gasteiger partial charge in [-0.15, -0.1) is 0 Å². The minimum Gasteiger partial charge on any atom is -0.310 e. The quantitative estimate of drug-likeness (QED) is 0.849. The highest BCUT2D eigenvalue weighted by atomic mass is 15.3. The summed E-state index contributed by atoms with van der Waals surface area (Å²) in [6, 6.07) is 10.8. The predicted molar refractivity (Wildman–Crippen MR) is 65.7 cm³/mol. The van der Waals surface area contributed by atoms with E-state index < -0.39 is 0 Å². The van der Waals surface area contributed by atoms with Crippen molar-refractivity contribution < 1.29 is 0 Å². The van der Waals surface area contributed by atoms with E-state index in [9.17, 15) is 0 Å². The number of hydrogen-bond donors (Lipinski definition) is 1. The summed E-state index contributed by atoms with van der Waals surface area (Å²) in [6.07, 6.45) is 3.73. The molecule has 16 heavy (non-hydrogen) atoms. The topological polar surface area (TPSA) is 29.9 Å². The molecule has 0 saturated carbocycles. The van der Waals surface area contributed by atoms with Gasteiger partial charge in [0.1, 0.15) is 0 Å². The van der Waals surface area contributed by atoms with Crippen LogP contribution in [0.5, 0.6) is 0 Å². The van der Waals surface area contributed by atoms with E-state index in [0.717, 1.165) is 12.2 Å². The molecule has 84 valence electrons. The molecule has 0 aliphatic heterocycles. The van der Waals surface area contributed by atoms with Crippen LogP contribution in [-0.2, 0) is 0 Å². The number of nitrogens with one attached hydrogen (secondary N) is 1. The molecule has 2 rings (SSSR count). The van der Waals surface area contributed by atoms with Gasteiger partial charge in [-0.25, -0.2) is 4.68 Å². The summed E-state index contributed by atoms with van der Waals surface area (Å²) >= 11 is 0. The molecule has 0 saturated heterocycles.